The summed E-state index contributed by atoms with van der Waals surface area (Å²) in [5, 5.41) is 4.89. The fourth-order valence-electron chi connectivity index (χ4n) is 2.36. The Labute approximate surface area is 124 Å². The summed E-state index contributed by atoms with van der Waals surface area (Å²) in [5.41, 5.74) is 6.02. The van der Waals surface area contributed by atoms with Crippen LogP contribution in [-0.4, -0.2) is 43.0 Å². The van der Waals surface area contributed by atoms with Gasteiger partial charge < -0.3 is 16.0 Å². The van der Waals surface area contributed by atoms with E-state index in [4.69, 9.17) is 5.73 Å². The first-order valence-corrected chi connectivity index (χ1v) is 7.87. The van der Waals surface area contributed by atoms with Crippen molar-refractivity contribution in [3.63, 3.8) is 0 Å². The van der Waals surface area contributed by atoms with Crippen LogP contribution in [0.4, 0.5) is 0 Å². The molecule has 0 spiro atoms. The fraction of sp³-hybridized carbons (Fsp3) is 0.533. The lowest BCUT2D eigenvalue weighted by molar-refractivity contribution is 0.0932. The summed E-state index contributed by atoms with van der Waals surface area (Å²) in [6.45, 7) is 5.62. The van der Waals surface area contributed by atoms with Gasteiger partial charge in [0.05, 0.1) is 17.0 Å². The molecule has 5 heteroatoms. The fourth-order valence-corrected chi connectivity index (χ4v) is 3.12. The molecule has 0 aromatic carbocycles. The van der Waals surface area contributed by atoms with E-state index in [2.05, 4.69) is 29.0 Å². The van der Waals surface area contributed by atoms with Crippen LogP contribution in [-0.2, 0) is 0 Å². The maximum atomic E-state index is 12.1. The molecule has 1 aliphatic heterocycles. The number of hydrogen-bond acceptors (Lipinski definition) is 4. The molecule has 108 valence electrons. The second-order valence-electron chi connectivity index (χ2n) is 5.09. The number of amides is 1. The highest BCUT2D eigenvalue weighted by molar-refractivity contribution is 7.10. The van der Waals surface area contributed by atoms with Crippen molar-refractivity contribution in [2.45, 2.75) is 25.8 Å². The van der Waals surface area contributed by atoms with E-state index in [1.165, 1.54) is 24.2 Å². The zero-order valence-electron chi connectivity index (χ0n) is 11.8. The number of carbonyl (C=O) groups is 1. The van der Waals surface area contributed by atoms with Crippen molar-refractivity contribution in [2.24, 2.45) is 5.73 Å². The lowest BCUT2D eigenvalue weighted by Gasteiger charge is -2.20. The Balaban J connectivity index is 1.85. The van der Waals surface area contributed by atoms with Crippen molar-refractivity contribution < 1.29 is 4.79 Å². The van der Waals surface area contributed by atoms with Gasteiger partial charge in [-0.3, -0.25) is 4.79 Å². The van der Waals surface area contributed by atoms with Crippen LogP contribution in [0.1, 0.15) is 35.0 Å². The lowest BCUT2D eigenvalue weighted by atomic mass is 10.2. The predicted molar refractivity (Wildman–Crippen MR) is 82.9 cm³/mol. The quantitative estimate of drug-likeness (QED) is 0.822. The molecule has 20 heavy (non-hydrogen) atoms. The van der Waals surface area contributed by atoms with Gasteiger partial charge >= 0.3 is 0 Å². The normalized spacial score (nSPS) is 16.5. The number of nitrogens with one attached hydrogen (secondary N) is 1. The molecule has 2 rings (SSSR count). The number of rotatable bonds is 4. The van der Waals surface area contributed by atoms with E-state index >= 15 is 0 Å². The summed E-state index contributed by atoms with van der Waals surface area (Å²) >= 11 is 1.48. The standard InChI is InChI=1S/C15H21N3OS/c1-12(10-18-7-2-3-8-18)17-15(19)13-9-14(20-11-13)5-4-6-16/h9,11-12H,2-3,6-8,10,16H2,1H3,(H,17,19). The minimum Gasteiger partial charge on any atom is -0.348 e. The van der Waals surface area contributed by atoms with E-state index < -0.39 is 0 Å². The first-order valence-electron chi connectivity index (χ1n) is 6.99. The molecule has 1 aromatic heterocycles. The summed E-state index contributed by atoms with van der Waals surface area (Å²) in [6, 6.07) is 1.99. The largest absolute Gasteiger partial charge is 0.348 e. The molecule has 1 saturated heterocycles. The van der Waals surface area contributed by atoms with E-state index in [0.717, 1.165) is 24.5 Å². The zero-order valence-corrected chi connectivity index (χ0v) is 12.6. The molecular weight excluding hydrogens is 270 g/mol. The molecule has 1 fully saturated rings. The van der Waals surface area contributed by atoms with Gasteiger partial charge in [0.15, 0.2) is 0 Å². The monoisotopic (exact) mass is 291 g/mol. The SMILES string of the molecule is CC(CN1CCCC1)NC(=O)c1csc(C#CCN)c1. The molecule has 0 saturated carbocycles. The van der Waals surface area contributed by atoms with Gasteiger partial charge in [0, 0.05) is 18.0 Å². The molecule has 4 nitrogen and oxygen atoms in total. The van der Waals surface area contributed by atoms with Gasteiger partial charge in [-0.15, -0.1) is 11.3 Å². The molecule has 3 N–H and O–H groups in total. The van der Waals surface area contributed by atoms with Crippen LogP contribution in [0.25, 0.3) is 0 Å². The summed E-state index contributed by atoms with van der Waals surface area (Å²) in [7, 11) is 0. The van der Waals surface area contributed by atoms with E-state index in [9.17, 15) is 4.79 Å². The Morgan fingerprint density at radius 3 is 3.00 bits per heavy atom. The van der Waals surface area contributed by atoms with Crippen molar-refractivity contribution in [3.8, 4) is 11.8 Å². The highest BCUT2D eigenvalue weighted by atomic mass is 32.1. The van der Waals surface area contributed by atoms with Gasteiger partial charge in [0.25, 0.3) is 5.91 Å². The third-order valence-electron chi connectivity index (χ3n) is 3.28. The summed E-state index contributed by atoms with van der Waals surface area (Å²) < 4.78 is 0. The van der Waals surface area contributed by atoms with Crippen molar-refractivity contribution in [2.75, 3.05) is 26.2 Å². The molecule has 2 heterocycles. The number of thiophene rings is 1. The van der Waals surface area contributed by atoms with Gasteiger partial charge in [-0.05, 0) is 38.9 Å². The molecule has 1 unspecified atom stereocenters. The molecule has 0 radical (unpaired) electrons. The number of nitrogens with two attached hydrogens (primary N) is 1. The summed E-state index contributed by atoms with van der Waals surface area (Å²) in [5.74, 6) is 5.72. The van der Waals surface area contributed by atoms with Crippen molar-refractivity contribution >= 4 is 17.2 Å². The van der Waals surface area contributed by atoms with E-state index in [-0.39, 0.29) is 11.9 Å². The Kier molecular flexibility index (Phi) is 5.60. The first kappa shape index (κ1) is 15.0. The first-order chi connectivity index (χ1) is 9.69. The smallest absolute Gasteiger partial charge is 0.252 e. The third kappa shape index (κ3) is 4.34. The van der Waals surface area contributed by atoms with Gasteiger partial charge in [0.2, 0.25) is 0 Å². The third-order valence-corrected chi connectivity index (χ3v) is 4.13. The van der Waals surface area contributed by atoms with Crippen molar-refractivity contribution in [1.29, 1.82) is 0 Å². The zero-order chi connectivity index (χ0) is 14.4. The molecular formula is C15H21N3OS. The highest BCUT2D eigenvalue weighted by Crippen LogP contribution is 2.14. The maximum absolute atomic E-state index is 12.1. The number of carbonyl (C=O) groups excluding carboxylic acids is 1. The second kappa shape index (κ2) is 7.44. The van der Waals surface area contributed by atoms with Gasteiger partial charge in [-0.2, -0.15) is 0 Å². The van der Waals surface area contributed by atoms with Crippen LogP contribution in [0.5, 0.6) is 0 Å². The van der Waals surface area contributed by atoms with Gasteiger partial charge in [0.1, 0.15) is 0 Å². The second-order valence-corrected chi connectivity index (χ2v) is 6.00. The van der Waals surface area contributed by atoms with Gasteiger partial charge in [-0.25, -0.2) is 0 Å². The number of likely N-dealkylation sites (tertiary alicyclic amines) is 1. The molecule has 1 atom stereocenters. The average Bonchev–Trinajstić information content (AvgIpc) is 3.07. The van der Waals surface area contributed by atoms with Crippen LogP contribution in [0.15, 0.2) is 11.4 Å². The Morgan fingerprint density at radius 1 is 1.55 bits per heavy atom. The number of hydrogen-bond donors (Lipinski definition) is 2. The Morgan fingerprint density at radius 2 is 2.30 bits per heavy atom. The minimum atomic E-state index is -0.0197. The van der Waals surface area contributed by atoms with Crippen molar-refractivity contribution in [1.82, 2.24) is 10.2 Å². The van der Waals surface area contributed by atoms with Crippen molar-refractivity contribution in [3.05, 3.63) is 21.9 Å². The molecule has 1 aliphatic rings. The van der Waals surface area contributed by atoms with Crippen LogP contribution in [0, 0.1) is 11.8 Å². The van der Waals surface area contributed by atoms with Crippen LogP contribution in [0.2, 0.25) is 0 Å². The van der Waals surface area contributed by atoms with Crippen LogP contribution < -0.4 is 11.1 Å². The van der Waals surface area contributed by atoms with E-state index in [0.29, 0.717) is 12.1 Å². The topological polar surface area (TPSA) is 58.4 Å². The summed E-state index contributed by atoms with van der Waals surface area (Å²) in [6.07, 6.45) is 2.54. The van der Waals surface area contributed by atoms with Crippen LogP contribution in [0.3, 0.4) is 0 Å². The highest BCUT2D eigenvalue weighted by Gasteiger charge is 2.17. The summed E-state index contributed by atoms with van der Waals surface area (Å²) in [4.78, 5) is 15.4. The number of nitrogens with zero attached hydrogens (tertiary/aromatic N) is 1. The molecule has 0 bridgehead atoms. The Hall–Kier alpha value is -1.35. The molecule has 0 aliphatic carbocycles. The molecule has 1 aromatic rings. The van der Waals surface area contributed by atoms with E-state index in [1.807, 2.05) is 11.4 Å². The average molecular weight is 291 g/mol. The Bertz CT molecular complexity index is 509. The molecule has 1 amide bonds. The van der Waals surface area contributed by atoms with E-state index in [1.54, 1.807) is 0 Å². The van der Waals surface area contributed by atoms with Gasteiger partial charge in [-0.1, -0.05) is 11.8 Å². The minimum absolute atomic E-state index is 0.0197. The lowest BCUT2D eigenvalue weighted by Crippen LogP contribution is -2.40. The van der Waals surface area contributed by atoms with Crippen LogP contribution >= 0.6 is 11.3 Å². The maximum Gasteiger partial charge on any atom is 0.252 e. The predicted octanol–water partition coefficient (Wildman–Crippen LogP) is 1.27.